The molecule has 0 spiro atoms. The number of hydrogen-bond donors (Lipinski definition) is 2. The third-order valence-electron chi connectivity index (χ3n) is 4.04. The molecule has 1 fully saturated rings. The van der Waals surface area contributed by atoms with Crippen LogP contribution in [-0.2, 0) is 11.3 Å². The largest absolute Gasteiger partial charge is 0.330 e. The number of aromatic nitrogens is 2. The number of anilines is 1. The lowest BCUT2D eigenvalue weighted by atomic mass is 10.1. The number of rotatable bonds is 5. The maximum absolute atomic E-state index is 12.0. The Bertz CT molecular complexity index is 695. The Balaban J connectivity index is 0.00000144. The molecule has 1 aromatic heterocycles. The molecule has 1 aliphatic rings. The van der Waals surface area contributed by atoms with Crippen molar-refractivity contribution in [3.8, 4) is 0 Å². The fourth-order valence-corrected chi connectivity index (χ4v) is 2.52. The van der Waals surface area contributed by atoms with E-state index in [4.69, 9.17) is 5.73 Å². The molecular formula is C17H24Cl2N4O. The zero-order valence-corrected chi connectivity index (χ0v) is 15.5. The fourth-order valence-electron chi connectivity index (χ4n) is 2.52. The molecule has 24 heavy (non-hydrogen) atoms. The second-order valence-corrected chi connectivity index (χ2v) is 6.38. The van der Waals surface area contributed by atoms with Gasteiger partial charge in [-0.05, 0) is 30.5 Å². The van der Waals surface area contributed by atoms with Gasteiger partial charge < -0.3 is 15.6 Å². The van der Waals surface area contributed by atoms with Crippen molar-refractivity contribution in [1.82, 2.24) is 9.55 Å². The Labute approximate surface area is 154 Å². The number of imidazole rings is 1. The van der Waals surface area contributed by atoms with Crippen molar-refractivity contribution in [3.63, 3.8) is 0 Å². The molecule has 2 aromatic rings. The number of hydrogen-bond acceptors (Lipinski definition) is 3. The molecule has 0 bridgehead atoms. The van der Waals surface area contributed by atoms with Crippen LogP contribution >= 0.6 is 24.8 Å². The van der Waals surface area contributed by atoms with E-state index in [1.165, 1.54) is 0 Å². The van der Waals surface area contributed by atoms with Crippen molar-refractivity contribution in [1.29, 1.82) is 0 Å². The number of nitrogens with two attached hydrogens (primary N) is 1. The SMILES string of the molecule is CC(C)c1nccn1Cc1cccc(NC(=O)C2(N)CC2)c1.Cl.Cl. The summed E-state index contributed by atoms with van der Waals surface area (Å²) in [6.45, 7) is 5.00. The van der Waals surface area contributed by atoms with Crippen LogP contribution < -0.4 is 11.1 Å². The molecule has 3 rings (SSSR count). The lowest BCUT2D eigenvalue weighted by molar-refractivity contribution is -0.118. The van der Waals surface area contributed by atoms with Crippen LogP contribution in [0.1, 0.15) is 44.0 Å². The van der Waals surface area contributed by atoms with Crippen LogP contribution in [0.25, 0.3) is 0 Å². The number of nitrogens with one attached hydrogen (secondary N) is 1. The normalized spacial score (nSPS) is 14.5. The number of carbonyl (C=O) groups is 1. The van der Waals surface area contributed by atoms with Gasteiger partial charge >= 0.3 is 0 Å². The summed E-state index contributed by atoms with van der Waals surface area (Å²) in [5.74, 6) is 1.35. The zero-order chi connectivity index (χ0) is 15.7. The second-order valence-electron chi connectivity index (χ2n) is 6.38. The van der Waals surface area contributed by atoms with Gasteiger partial charge in [0.2, 0.25) is 5.91 Å². The molecule has 1 amide bonds. The predicted molar refractivity (Wildman–Crippen MR) is 101 cm³/mol. The van der Waals surface area contributed by atoms with Gasteiger partial charge in [0.15, 0.2) is 0 Å². The summed E-state index contributed by atoms with van der Waals surface area (Å²) in [6, 6.07) is 7.89. The summed E-state index contributed by atoms with van der Waals surface area (Å²) in [4.78, 5) is 16.4. The van der Waals surface area contributed by atoms with Gasteiger partial charge in [0.25, 0.3) is 0 Å². The van der Waals surface area contributed by atoms with Gasteiger partial charge in [-0.1, -0.05) is 26.0 Å². The van der Waals surface area contributed by atoms with Crippen molar-refractivity contribution in [2.45, 2.75) is 44.7 Å². The first-order chi connectivity index (χ1) is 10.5. The Hall–Kier alpha value is -1.56. The van der Waals surface area contributed by atoms with Crippen LogP contribution in [0.5, 0.6) is 0 Å². The first-order valence-electron chi connectivity index (χ1n) is 7.68. The van der Waals surface area contributed by atoms with Gasteiger partial charge in [0.05, 0.1) is 5.54 Å². The van der Waals surface area contributed by atoms with Crippen molar-refractivity contribution >= 4 is 36.4 Å². The van der Waals surface area contributed by atoms with E-state index in [1.54, 1.807) is 0 Å². The smallest absolute Gasteiger partial charge is 0.244 e. The van der Waals surface area contributed by atoms with Crippen LogP contribution in [0.15, 0.2) is 36.7 Å². The highest BCUT2D eigenvalue weighted by molar-refractivity contribution is 6.00. The highest BCUT2D eigenvalue weighted by atomic mass is 35.5. The Morgan fingerprint density at radius 2 is 2.08 bits per heavy atom. The Morgan fingerprint density at radius 3 is 2.71 bits per heavy atom. The van der Waals surface area contributed by atoms with Crippen molar-refractivity contribution in [2.75, 3.05) is 5.32 Å². The molecule has 0 atom stereocenters. The molecule has 0 radical (unpaired) electrons. The molecule has 1 saturated carbocycles. The molecule has 132 valence electrons. The van der Waals surface area contributed by atoms with E-state index in [9.17, 15) is 4.79 Å². The molecule has 1 aliphatic carbocycles. The van der Waals surface area contributed by atoms with Crippen LogP contribution in [0, 0.1) is 0 Å². The molecule has 1 aromatic carbocycles. The maximum atomic E-state index is 12.0. The van der Waals surface area contributed by atoms with E-state index in [1.807, 2.05) is 30.6 Å². The van der Waals surface area contributed by atoms with Gasteiger partial charge in [0.1, 0.15) is 5.82 Å². The van der Waals surface area contributed by atoms with Crippen LogP contribution in [0.4, 0.5) is 5.69 Å². The van der Waals surface area contributed by atoms with E-state index >= 15 is 0 Å². The molecule has 5 nitrogen and oxygen atoms in total. The first-order valence-corrected chi connectivity index (χ1v) is 7.68. The number of halogens is 2. The van der Waals surface area contributed by atoms with E-state index in [-0.39, 0.29) is 30.7 Å². The topological polar surface area (TPSA) is 72.9 Å². The molecular weight excluding hydrogens is 347 g/mol. The molecule has 1 heterocycles. The van der Waals surface area contributed by atoms with Crippen molar-refractivity contribution in [2.24, 2.45) is 5.73 Å². The molecule has 0 unspecified atom stereocenters. The minimum atomic E-state index is -0.648. The quantitative estimate of drug-likeness (QED) is 0.847. The maximum Gasteiger partial charge on any atom is 0.244 e. The number of nitrogens with zero attached hydrogens (tertiary/aromatic N) is 2. The average molecular weight is 371 g/mol. The van der Waals surface area contributed by atoms with Gasteiger partial charge in [-0.3, -0.25) is 4.79 Å². The lowest BCUT2D eigenvalue weighted by Gasteiger charge is -2.13. The van der Waals surface area contributed by atoms with Gasteiger partial charge in [0, 0.05) is 30.5 Å². The Kier molecular flexibility index (Phi) is 6.84. The molecule has 3 N–H and O–H groups in total. The lowest BCUT2D eigenvalue weighted by Crippen LogP contribution is -2.37. The average Bonchev–Trinajstić information content (AvgIpc) is 3.06. The summed E-state index contributed by atoms with van der Waals surface area (Å²) in [6.07, 6.45) is 5.35. The number of carbonyl (C=O) groups excluding carboxylic acids is 1. The van der Waals surface area contributed by atoms with E-state index in [0.29, 0.717) is 5.92 Å². The van der Waals surface area contributed by atoms with Crippen LogP contribution in [-0.4, -0.2) is 21.0 Å². The first kappa shape index (κ1) is 20.5. The van der Waals surface area contributed by atoms with Crippen LogP contribution in [0.2, 0.25) is 0 Å². The van der Waals surface area contributed by atoms with Crippen molar-refractivity contribution in [3.05, 3.63) is 48.0 Å². The molecule has 0 saturated heterocycles. The highest BCUT2D eigenvalue weighted by Crippen LogP contribution is 2.33. The Morgan fingerprint density at radius 1 is 1.38 bits per heavy atom. The van der Waals surface area contributed by atoms with Gasteiger partial charge in [-0.15, -0.1) is 24.8 Å². The van der Waals surface area contributed by atoms with E-state index in [0.717, 1.165) is 36.5 Å². The molecule has 7 heteroatoms. The predicted octanol–water partition coefficient (Wildman–Crippen LogP) is 3.33. The monoisotopic (exact) mass is 370 g/mol. The van der Waals surface area contributed by atoms with Crippen molar-refractivity contribution < 1.29 is 4.79 Å². The summed E-state index contributed by atoms with van der Waals surface area (Å²) < 4.78 is 2.14. The zero-order valence-electron chi connectivity index (χ0n) is 13.9. The number of amides is 1. The minimum absolute atomic E-state index is 0. The molecule has 0 aliphatic heterocycles. The third-order valence-corrected chi connectivity index (χ3v) is 4.04. The third kappa shape index (κ3) is 4.50. The summed E-state index contributed by atoms with van der Waals surface area (Å²) in [7, 11) is 0. The highest BCUT2D eigenvalue weighted by Gasteiger charge is 2.45. The summed E-state index contributed by atoms with van der Waals surface area (Å²) in [5, 5.41) is 2.91. The standard InChI is InChI=1S/C17H22N4O.2ClH/c1-12(2)15-19-8-9-21(15)11-13-4-3-5-14(10-13)20-16(22)17(18)6-7-17;;/h3-5,8-10,12H,6-7,11,18H2,1-2H3,(H,20,22);2*1H. The van der Waals surface area contributed by atoms with E-state index < -0.39 is 5.54 Å². The second kappa shape index (κ2) is 8.01. The van der Waals surface area contributed by atoms with Gasteiger partial charge in [-0.2, -0.15) is 0 Å². The van der Waals surface area contributed by atoms with Gasteiger partial charge in [-0.25, -0.2) is 4.98 Å². The fraction of sp³-hybridized carbons (Fsp3) is 0.412. The summed E-state index contributed by atoms with van der Waals surface area (Å²) in [5.41, 5.74) is 7.19. The van der Waals surface area contributed by atoms with Crippen LogP contribution in [0.3, 0.4) is 0 Å². The van der Waals surface area contributed by atoms with E-state index in [2.05, 4.69) is 34.8 Å². The minimum Gasteiger partial charge on any atom is -0.330 e. The number of benzene rings is 1. The summed E-state index contributed by atoms with van der Waals surface area (Å²) >= 11 is 0.